The zero-order valence-electron chi connectivity index (χ0n) is 11.4. The Kier molecular flexibility index (Phi) is 5.02. The van der Waals surface area contributed by atoms with Gasteiger partial charge >= 0.3 is 0 Å². The summed E-state index contributed by atoms with van der Waals surface area (Å²) in [5.41, 5.74) is 6.03. The van der Waals surface area contributed by atoms with Crippen LogP contribution >= 0.6 is 11.8 Å². The van der Waals surface area contributed by atoms with Gasteiger partial charge in [0.15, 0.2) is 0 Å². The van der Waals surface area contributed by atoms with Crippen molar-refractivity contribution in [3.05, 3.63) is 18.3 Å². The number of nitrogens with zero attached hydrogens (tertiary/aromatic N) is 1. The fourth-order valence-corrected chi connectivity index (χ4v) is 2.01. The number of hydrogen-bond acceptors (Lipinski definition) is 4. The summed E-state index contributed by atoms with van der Waals surface area (Å²) in [5.74, 6) is 0.0328. The van der Waals surface area contributed by atoms with Crippen molar-refractivity contribution in [3.63, 3.8) is 0 Å². The minimum absolute atomic E-state index is 0.0328. The fourth-order valence-electron chi connectivity index (χ4n) is 1.22. The van der Waals surface area contributed by atoms with Crippen LogP contribution in [0.3, 0.4) is 0 Å². The number of nitrogens with one attached hydrogen (secondary N) is 1. The highest BCUT2D eigenvalue weighted by Crippen LogP contribution is 2.22. The molecule has 0 aliphatic rings. The zero-order chi connectivity index (χ0) is 13.8. The Morgan fingerprint density at radius 3 is 2.72 bits per heavy atom. The van der Waals surface area contributed by atoms with Gasteiger partial charge in [-0.3, -0.25) is 4.79 Å². The smallest absolute Gasteiger partial charge is 0.233 e. The summed E-state index contributed by atoms with van der Waals surface area (Å²) in [6.07, 6.45) is 2.50. The lowest BCUT2D eigenvalue weighted by atomic mass is 10.0. The number of amides is 1. The van der Waals surface area contributed by atoms with Crippen molar-refractivity contribution in [2.75, 3.05) is 5.73 Å². The molecule has 0 bridgehead atoms. The quantitative estimate of drug-likeness (QED) is 0.804. The molecule has 0 spiro atoms. The minimum atomic E-state index is -0.174. The molecule has 1 aromatic heterocycles. The lowest BCUT2D eigenvalue weighted by molar-refractivity contribution is -0.121. The summed E-state index contributed by atoms with van der Waals surface area (Å²) in [6, 6.07) is 3.62. The topological polar surface area (TPSA) is 68.0 Å². The van der Waals surface area contributed by atoms with Gasteiger partial charge in [0.2, 0.25) is 5.91 Å². The standard InChI is InChI=1S/C13H21N3OS/c1-5-13(3,4)16-12(17)9(2)18-11-7-6-10(14)8-15-11/h6-9H,5,14H2,1-4H3,(H,16,17). The molecule has 0 aromatic carbocycles. The second-order valence-corrected chi connectivity index (χ2v) is 6.28. The molecule has 1 atom stereocenters. The van der Waals surface area contributed by atoms with Crippen LogP contribution in [-0.4, -0.2) is 21.7 Å². The second-order valence-electron chi connectivity index (χ2n) is 4.92. The van der Waals surface area contributed by atoms with Crippen LogP contribution in [0.5, 0.6) is 0 Å². The van der Waals surface area contributed by atoms with E-state index in [1.807, 2.05) is 26.8 Å². The summed E-state index contributed by atoms with van der Waals surface area (Å²) in [5, 5.41) is 3.66. The number of hydrogen-bond donors (Lipinski definition) is 2. The lowest BCUT2D eigenvalue weighted by Crippen LogP contribution is -2.46. The molecule has 1 unspecified atom stereocenters. The molecule has 4 nitrogen and oxygen atoms in total. The Hall–Kier alpha value is -1.23. The zero-order valence-corrected chi connectivity index (χ0v) is 12.2. The van der Waals surface area contributed by atoms with E-state index >= 15 is 0 Å². The maximum atomic E-state index is 12.0. The van der Waals surface area contributed by atoms with Crippen LogP contribution in [0.4, 0.5) is 5.69 Å². The van der Waals surface area contributed by atoms with Gasteiger partial charge in [-0.1, -0.05) is 18.7 Å². The number of thioether (sulfide) groups is 1. The van der Waals surface area contributed by atoms with Gasteiger partial charge in [-0.25, -0.2) is 4.98 Å². The lowest BCUT2D eigenvalue weighted by Gasteiger charge is -2.26. The first-order valence-corrected chi connectivity index (χ1v) is 6.92. The van der Waals surface area contributed by atoms with Crippen molar-refractivity contribution >= 4 is 23.4 Å². The third-order valence-electron chi connectivity index (χ3n) is 2.77. The monoisotopic (exact) mass is 267 g/mol. The number of aromatic nitrogens is 1. The van der Waals surface area contributed by atoms with E-state index in [0.29, 0.717) is 5.69 Å². The van der Waals surface area contributed by atoms with Crippen molar-refractivity contribution in [1.29, 1.82) is 0 Å². The SMILES string of the molecule is CCC(C)(C)NC(=O)C(C)Sc1ccc(N)cn1. The summed E-state index contributed by atoms with van der Waals surface area (Å²) in [7, 11) is 0. The molecule has 0 fully saturated rings. The van der Waals surface area contributed by atoms with E-state index in [1.54, 1.807) is 12.3 Å². The van der Waals surface area contributed by atoms with Crippen molar-refractivity contribution in [1.82, 2.24) is 10.3 Å². The van der Waals surface area contributed by atoms with Crippen LogP contribution in [-0.2, 0) is 4.79 Å². The van der Waals surface area contributed by atoms with Gasteiger partial charge in [-0.05, 0) is 39.3 Å². The fraction of sp³-hybridized carbons (Fsp3) is 0.538. The van der Waals surface area contributed by atoms with Crippen molar-refractivity contribution in [2.45, 2.75) is 49.9 Å². The largest absolute Gasteiger partial charge is 0.397 e. The van der Waals surface area contributed by atoms with E-state index < -0.39 is 0 Å². The Balaban J connectivity index is 2.57. The van der Waals surface area contributed by atoms with Gasteiger partial charge in [0.25, 0.3) is 0 Å². The highest BCUT2D eigenvalue weighted by atomic mass is 32.2. The van der Waals surface area contributed by atoms with Crippen LogP contribution in [0, 0.1) is 0 Å². The number of nitrogen functional groups attached to an aromatic ring is 1. The number of rotatable bonds is 5. The molecular weight excluding hydrogens is 246 g/mol. The van der Waals surface area contributed by atoms with Gasteiger partial charge in [0.1, 0.15) is 0 Å². The molecule has 3 N–H and O–H groups in total. The molecule has 0 saturated carbocycles. The molecule has 0 saturated heterocycles. The Morgan fingerprint density at radius 1 is 1.56 bits per heavy atom. The van der Waals surface area contributed by atoms with E-state index in [9.17, 15) is 4.79 Å². The predicted octanol–water partition coefficient (Wildman–Crippen LogP) is 2.45. The maximum absolute atomic E-state index is 12.0. The van der Waals surface area contributed by atoms with Crippen LogP contribution in [0.1, 0.15) is 34.1 Å². The van der Waals surface area contributed by atoms with Crippen molar-refractivity contribution < 1.29 is 4.79 Å². The maximum Gasteiger partial charge on any atom is 0.233 e. The van der Waals surface area contributed by atoms with Crippen LogP contribution in [0.25, 0.3) is 0 Å². The first kappa shape index (κ1) is 14.8. The Labute approximate surface area is 113 Å². The molecule has 1 aromatic rings. The molecule has 100 valence electrons. The van der Waals surface area contributed by atoms with E-state index in [-0.39, 0.29) is 16.7 Å². The predicted molar refractivity (Wildman–Crippen MR) is 76.5 cm³/mol. The molecular formula is C13H21N3OS. The van der Waals surface area contributed by atoms with Gasteiger partial charge in [-0.2, -0.15) is 0 Å². The van der Waals surface area contributed by atoms with E-state index in [0.717, 1.165) is 11.4 Å². The molecule has 0 radical (unpaired) electrons. The third kappa shape index (κ3) is 4.56. The molecule has 1 heterocycles. The number of pyridine rings is 1. The van der Waals surface area contributed by atoms with Gasteiger partial charge in [-0.15, -0.1) is 0 Å². The van der Waals surface area contributed by atoms with Crippen molar-refractivity contribution in [2.24, 2.45) is 0 Å². The molecule has 1 rings (SSSR count). The first-order chi connectivity index (χ1) is 8.34. The summed E-state index contributed by atoms with van der Waals surface area (Å²) in [4.78, 5) is 16.2. The highest BCUT2D eigenvalue weighted by Gasteiger charge is 2.22. The second kappa shape index (κ2) is 6.09. The Morgan fingerprint density at radius 2 is 2.22 bits per heavy atom. The Bertz CT molecular complexity index is 403. The van der Waals surface area contributed by atoms with Gasteiger partial charge in [0.05, 0.1) is 22.2 Å². The molecule has 0 aliphatic heterocycles. The molecule has 0 aliphatic carbocycles. The molecule has 5 heteroatoms. The van der Waals surface area contributed by atoms with Crippen LogP contribution in [0.15, 0.2) is 23.4 Å². The highest BCUT2D eigenvalue weighted by molar-refractivity contribution is 8.00. The molecule has 18 heavy (non-hydrogen) atoms. The summed E-state index contributed by atoms with van der Waals surface area (Å²) >= 11 is 1.43. The van der Waals surface area contributed by atoms with Gasteiger partial charge < -0.3 is 11.1 Å². The van der Waals surface area contributed by atoms with Gasteiger partial charge in [0, 0.05) is 5.54 Å². The van der Waals surface area contributed by atoms with Crippen LogP contribution in [0.2, 0.25) is 0 Å². The van der Waals surface area contributed by atoms with Crippen LogP contribution < -0.4 is 11.1 Å². The van der Waals surface area contributed by atoms with E-state index in [4.69, 9.17) is 5.73 Å². The normalized spacial score (nSPS) is 13.1. The third-order valence-corrected chi connectivity index (χ3v) is 3.82. The summed E-state index contributed by atoms with van der Waals surface area (Å²) < 4.78 is 0. The summed E-state index contributed by atoms with van der Waals surface area (Å²) in [6.45, 7) is 7.97. The number of anilines is 1. The van der Waals surface area contributed by atoms with E-state index in [2.05, 4.69) is 17.2 Å². The average Bonchev–Trinajstić information content (AvgIpc) is 2.31. The number of carbonyl (C=O) groups excluding carboxylic acids is 1. The van der Waals surface area contributed by atoms with E-state index in [1.165, 1.54) is 11.8 Å². The molecule has 1 amide bonds. The minimum Gasteiger partial charge on any atom is -0.397 e. The average molecular weight is 267 g/mol. The number of carbonyl (C=O) groups is 1. The van der Waals surface area contributed by atoms with Crippen molar-refractivity contribution in [3.8, 4) is 0 Å². The first-order valence-electron chi connectivity index (χ1n) is 6.04. The number of nitrogens with two attached hydrogens (primary N) is 1.